The van der Waals surface area contributed by atoms with E-state index in [2.05, 4.69) is 10.3 Å². The molecule has 0 bridgehead atoms. The van der Waals surface area contributed by atoms with Crippen LogP contribution in [0, 0.1) is 6.92 Å². The Morgan fingerprint density at radius 2 is 2.16 bits per heavy atom. The molecule has 1 amide bonds. The molecule has 0 aliphatic heterocycles. The van der Waals surface area contributed by atoms with Gasteiger partial charge in [-0.3, -0.25) is 9.78 Å². The van der Waals surface area contributed by atoms with E-state index in [4.69, 9.17) is 0 Å². The van der Waals surface area contributed by atoms with Crippen LogP contribution >= 0.6 is 0 Å². The van der Waals surface area contributed by atoms with Gasteiger partial charge in [0.15, 0.2) is 0 Å². The second-order valence-corrected chi connectivity index (χ2v) is 4.74. The Morgan fingerprint density at radius 1 is 1.32 bits per heavy atom. The van der Waals surface area contributed by atoms with E-state index in [0.29, 0.717) is 6.42 Å². The van der Waals surface area contributed by atoms with Crippen LogP contribution in [-0.4, -0.2) is 10.9 Å². The average Bonchev–Trinajstić information content (AvgIpc) is 2.39. The van der Waals surface area contributed by atoms with E-state index in [1.165, 1.54) is 5.56 Å². The number of carbonyl (C=O) groups is 1. The van der Waals surface area contributed by atoms with E-state index in [1.807, 2.05) is 50.2 Å². The van der Waals surface area contributed by atoms with Crippen LogP contribution in [0.2, 0.25) is 0 Å². The number of amides is 1. The van der Waals surface area contributed by atoms with Crippen LogP contribution in [-0.2, 0) is 11.2 Å². The van der Waals surface area contributed by atoms with Crippen molar-refractivity contribution in [2.75, 3.05) is 0 Å². The minimum Gasteiger partial charge on any atom is -0.349 e. The second kappa shape index (κ2) is 6.14. The van der Waals surface area contributed by atoms with Crippen LogP contribution in [0.15, 0.2) is 48.8 Å². The zero-order chi connectivity index (χ0) is 13.7. The zero-order valence-corrected chi connectivity index (χ0v) is 11.3. The predicted octanol–water partition coefficient (Wildman–Crippen LogP) is 2.81. The number of benzene rings is 1. The van der Waals surface area contributed by atoms with E-state index in [0.717, 1.165) is 11.1 Å². The van der Waals surface area contributed by atoms with E-state index in [1.54, 1.807) is 12.4 Å². The van der Waals surface area contributed by atoms with Gasteiger partial charge in [0.05, 0.1) is 12.5 Å². The molecule has 3 heteroatoms. The molecule has 1 atom stereocenters. The molecule has 0 saturated carbocycles. The zero-order valence-electron chi connectivity index (χ0n) is 11.3. The molecular weight excluding hydrogens is 236 g/mol. The van der Waals surface area contributed by atoms with Crippen molar-refractivity contribution in [2.45, 2.75) is 26.3 Å². The fraction of sp³-hybridized carbons (Fsp3) is 0.250. The van der Waals surface area contributed by atoms with Gasteiger partial charge in [0.25, 0.3) is 0 Å². The van der Waals surface area contributed by atoms with Crippen molar-refractivity contribution in [3.05, 3.63) is 65.5 Å². The molecule has 0 fully saturated rings. The highest BCUT2D eigenvalue weighted by Gasteiger charge is 2.10. The summed E-state index contributed by atoms with van der Waals surface area (Å²) in [6, 6.07) is 11.8. The highest BCUT2D eigenvalue weighted by Crippen LogP contribution is 2.11. The number of carbonyl (C=O) groups excluding carboxylic acids is 1. The molecule has 1 aromatic carbocycles. The third-order valence-corrected chi connectivity index (χ3v) is 3.01. The lowest BCUT2D eigenvalue weighted by Crippen LogP contribution is -2.28. The minimum atomic E-state index is -0.0222. The Labute approximate surface area is 113 Å². The lowest BCUT2D eigenvalue weighted by atomic mass is 10.1. The first-order valence-corrected chi connectivity index (χ1v) is 6.40. The van der Waals surface area contributed by atoms with Crippen LogP contribution < -0.4 is 5.32 Å². The molecule has 0 aliphatic rings. The summed E-state index contributed by atoms with van der Waals surface area (Å²) < 4.78 is 0. The summed E-state index contributed by atoms with van der Waals surface area (Å²) >= 11 is 0. The SMILES string of the molecule is Cc1cccc(CC(=O)NC(C)c2cccnc2)c1. The molecule has 1 unspecified atom stereocenters. The summed E-state index contributed by atoms with van der Waals surface area (Å²) in [6.07, 6.45) is 3.91. The van der Waals surface area contributed by atoms with Gasteiger partial charge >= 0.3 is 0 Å². The number of aryl methyl sites for hydroxylation is 1. The Hall–Kier alpha value is -2.16. The highest BCUT2D eigenvalue weighted by atomic mass is 16.1. The first-order chi connectivity index (χ1) is 9.15. The number of nitrogens with one attached hydrogen (secondary N) is 1. The van der Waals surface area contributed by atoms with Crippen molar-refractivity contribution < 1.29 is 4.79 Å². The molecule has 19 heavy (non-hydrogen) atoms. The van der Waals surface area contributed by atoms with Crippen molar-refractivity contribution in [1.82, 2.24) is 10.3 Å². The Morgan fingerprint density at radius 3 is 2.84 bits per heavy atom. The number of aromatic nitrogens is 1. The van der Waals surface area contributed by atoms with E-state index < -0.39 is 0 Å². The molecule has 1 N–H and O–H groups in total. The third-order valence-electron chi connectivity index (χ3n) is 3.01. The van der Waals surface area contributed by atoms with Crippen molar-refractivity contribution in [3.8, 4) is 0 Å². The number of hydrogen-bond donors (Lipinski definition) is 1. The monoisotopic (exact) mass is 254 g/mol. The van der Waals surface area contributed by atoms with Gasteiger partial charge in [0.1, 0.15) is 0 Å². The maximum atomic E-state index is 12.0. The molecule has 0 aliphatic carbocycles. The van der Waals surface area contributed by atoms with Crippen LogP contribution in [0.3, 0.4) is 0 Å². The summed E-state index contributed by atoms with van der Waals surface area (Å²) in [5.41, 5.74) is 3.22. The quantitative estimate of drug-likeness (QED) is 0.911. The molecule has 98 valence electrons. The largest absolute Gasteiger partial charge is 0.349 e. The Bertz CT molecular complexity index is 552. The Balaban J connectivity index is 1.95. The van der Waals surface area contributed by atoms with E-state index >= 15 is 0 Å². The number of rotatable bonds is 4. The maximum Gasteiger partial charge on any atom is 0.224 e. The van der Waals surface area contributed by atoms with Crippen LogP contribution in [0.5, 0.6) is 0 Å². The summed E-state index contributed by atoms with van der Waals surface area (Å²) in [4.78, 5) is 16.0. The maximum absolute atomic E-state index is 12.0. The normalized spacial score (nSPS) is 11.9. The highest BCUT2D eigenvalue weighted by molar-refractivity contribution is 5.79. The van der Waals surface area contributed by atoms with Crippen molar-refractivity contribution in [1.29, 1.82) is 0 Å². The van der Waals surface area contributed by atoms with Crippen LogP contribution in [0.25, 0.3) is 0 Å². The third kappa shape index (κ3) is 3.91. The molecule has 1 aromatic heterocycles. The minimum absolute atomic E-state index is 0.0222. The van der Waals surface area contributed by atoms with E-state index in [-0.39, 0.29) is 11.9 Å². The van der Waals surface area contributed by atoms with Gasteiger partial charge in [0, 0.05) is 12.4 Å². The van der Waals surface area contributed by atoms with Gasteiger partial charge in [0.2, 0.25) is 5.91 Å². The lowest BCUT2D eigenvalue weighted by Gasteiger charge is -2.14. The van der Waals surface area contributed by atoms with Crippen molar-refractivity contribution in [2.24, 2.45) is 0 Å². The summed E-state index contributed by atoms with van der Waals surface area (Å²) in [6.45, 7) is 3.99. The lowest BCUT2D eigenvalue weighted by molar-refractivity contribution is -0.121. The van der Waals surface area contributed by atoms with Crippen LogP contribution in [0.4, 0.5) is 0 Å². The second-order valence-electron chi connectivity index (χ2n) is 4.74. The molecule has 0 saturated heterocycles. The fourth-order valence-electron chi connectivity index (χ4n) is 2.02. The number of pyridine rings is 1. The van der Waals surface area contributed by atoms with Crippen molar-refractivity contribution in [3.63, 3.8) is 0 Å². The predicted molar refractivity (Wildman–Crippen MR) is 75.7 cm³/mol. The van der Waals surface area contributed by atoms with Gasteiger partial charge in [-0.15, -0.1) is 0 Å². The topological polar surface area (TPSA) is 42.0 Å². The van der Waals surface area contributed by atoms with Gasteiger partial charge in [-0.05, 0) is 31.0 Å². The molecule has 2 rings (SSSR count). The first kappa shape index (κ1) is 13.3. The van der Waals surface area contributed by atoms with E-state index in [9.17, 15) is 4.79 Å². The standard InChI is InChI=1S/C16H18N2O/c1-12-5-3-6-14(9-12)10-16(19)18-13(2)15-7-4-8-17-11-15/h3-9,11,13H,10H2,1-2H3,(H,18,19). The molecular formula is C16H18N2O. The van der Waals surface area contributed by atoms with Crippen molar-refractivity contribution >= 4 is 5.91 Å². The number of nitrogens with zero attached hydrogens (tertiary/aromatic N) is 1. The van der Waals surface area contributed by atoms with Gasteiger partial charge < -0.3 is 5.32 Å². The molecule has 2 aromatic rings. The first-order valence-electron chi connectivity index (χ1n) is 6.40. The van der Waals surface area contributed by atoms with Crippen LogP contribution in [0.1, 0.15) is 29.7 Å². The molecule has 0 spiro atoms. The average molecular weight is 254 g/mol. The smallest absolute Gasteiger partial charge is 0.224 e. The summed E-state index contributed by atoms with van der Waals surface area (Å²) in [5, 5.41) is 2.99. The summed E-state index contributed by atoms with van der Waals surface area (Å²) in [5.74, 6) is 0.0296. The summed E-state index contributed by atoms with van der Waals surface area (Å²) in [7, 11) is 0. The van der Waals surface area contributed by atoms with Gasteiger partial charge in [-0.2, -0.15) is 0 Å². The number of hydrogen-bond acceptors (Lipinski definition) is 2. The van der Waals surface area contributed by atoms with Gasteiger partial charge in [-0.25, -0.2) is 0 Å². The molecule has 0 radical (unpaired) electrons. The molecule has 1 heterocycles. The van der Waals surface area contributed by atoms with Gasteiger partial charge in [-0.1, -0.05) is 35.9 Å². The molecule has 3 nitrogen and oxygen atoms in total. The fourth-order valence-corrected chi connectivity index (χ4v) is 2.02. The Kier molecular flexibility index (Phi) is 4.29.